The summed E-state index contributed by atoms with van der Waals surface area (Å²) in [5, 5.41) is 11.0. The number of sulfone groups is 1. The fourth-order valence-electron chi connectivity index (χ4n) is 0.857. The highest BCUT2D eigenvalue weighted by atomic mass is 32.2. The molecule has 74 valence electrons. The average Bonchev–Trinajstić information content (AvgIpc) is 1.76. The van der Waals surface area contributed by atoms with Gasteiger partial charge in [-0.3, -0.25) is 0 Å². The molecule has 0 atom stereocenters. The topological polar surface area (TPSA) is 57.2 Å². The van der Waals surface area contributed by atoms with Crippen molar-refractivity contribution in [2.75, 3.05) is 32.6 Å². The van der Waals surface area contributed by atoms with Gasteiger partial charge in [0.25, 0.3) is 0 Å². The van der Waals surface area contributed by atoms with Gasteiger partial charge in [-0.15, -0.1) is 0 Å². The van der Waals surface area contributed by atoms with E-state index in [1.165, 1.54) is 6.26 Å². The Balaban J connectivity index is 3.48. The molecule has 0 rings (SSSR count). The Morgan fingerprint density at radius 2 is 1.75 bits per heavy atom. The van der Waals surface area contributed by atoms with E-state index < -0.39 is 9.84 Å². The van der Waals surface area contributed by atoms with Crippen LogP contribution in [0.25, 0.3) is 0 Å². The summed E-state index contributed by atoms with van der Waals surface area (Å²) in [7, 11) is 0.261. The van der Waals surface area contributed by atoms with E-state index in [0.717, 1.165) is 0 Å². The number of hydroxylamine groups is 3. The van der Waals surface area contributed by atoms with E-state index in [9.17, 15) is 13.6 Å². The van der Waals surface area contributed by atoms with Crippen molar-refractivity contribution in [2.24, 2.45) is 0 Å². The van der Waals surface area contributed by atoms with E-state index in [1.54, 1.807) is 14.1 Å². The quantitative estimate of drug-likeness (QED) is 0.362. The molecule has 0 aromatic rings. The zero-order valence-corrected chi connectivity index (χ0v) is 8.73. The van der Waals surface area contributed by atoms with Gasteiger partial charge in [-0.1, -0.05) is 0 Å². The van der Waals surface area contributed by atoms with Gasteiger partial charge in [0.2, 0.25) is 0 Å². The fraction of sp³-hybridized carbons (Fsp3) is 1.00. The van der Waals surface area contributed by atoms with Crippen LogP contribution in [0.4, 0.5) is 0 Å². The first kappa shape index (κ1) is 11.9. The molecule has 0 aromatic heterocycles. The molecule has 0 amide bonds. The second kappa shape index (κ2) is 4.20. The van der Waals surface area contributed by atoms with E-state index in [1.807, 2.05) is 0 Å². The average molecular weight is 195 g/mol. The zero-order valence-electron chi connectivity index (χ0n) is 7.91. The molecular weight excluding hydrogens is 178 g/mol. The van der Waals surface area contributed by atoms with Crippen molar-refractivity contribution >= 4 is 9.84 Å². The molecule has 0 saturated heterocycles. The largest absolute Gasteiger partial charge is 0.633 e. The van der Waals surface area contributed by atoms with Gasteiger partial charge in [-0.2, -0.15) is 0 Å². The maximum Gasteiger partial charge on any atom is 0.147 e. The molecule has 0 N–H and O–H groups in total. The summed E-state index contributed by atoms with van der Waals surface area (Å²) in [6.45, 7) is 0.482. The normalized spacial score (nSPS) is 13.3. The van der Waals surface area contributed by atoms with E-state index in [2.05, 4.69) is 0 Å². The van der Waals surface area contributed by atoms with Gasteiger partial charge in [0.1, 0.15) is 9.84 Å². The molecular formula is C7H17NO3S. The Bertz CT molecular complexity index is 215. The third-order valence-electron chi connectivity index (χ3n) is 1.46. The number of nitrogens with zero attached hydrogens (tertiary/aromatic N) is 1. The minimum atomic E-state index is -2.85. The van der Waals surface area contributed by atoms with Gasteiger partial charge < -0.3 is 9.85 Å². The summed E-state index contributed by atoms with van der Waals surface area (Å²) in [5.41, 5.74) is 0. The summed E-state index contributed by atoms with van der Waals surface area (Å²) in [6.07, 6.45) is 2.47. The summed E-state index contributed by atoms with van der Waals surface area (Å²) in [4.78, 5) is 0. The summed E-state index contributed by atoms with van der Waals surface area (Å²) < 4.78 is 21.0. The Morgan fingerprint density at radius 3 is 2.08 bits per heavy atom. The Hall–Kier alpha value is -0.130. The molecule has 0 aliphatic carbocycles. The Kier molecular flexibility index (Phi) is 4.16. The molecule has 4 nitrogen and oxygen atoms in total. The van der Waals surface area contributed by atoms with Crippen molar-refractivity contribution in [2.45, 2.75) is 12.8 Å². The van der Waals surface area contributed by atoms with Crippen LogP contribution in [0.3, 0.4) is 0 Å². The number of hydrogen-bond donors (Lipinski definition) is 0. The molecule has 0 spiro atoms. The predicted octanol–water partition coefficient (Wildman–Crippen LogP) is 0.385. The van der Waals surface area contributed by atoms with Gasteiger partial charge in [-0.25, -0.2) is 8.42 Å². The van der Waals surface area contributed by atoms with Crippen LogP contribution in [-0.2, 0) is 9.84 Å². The van der Waals surface area contributed by atoms with Crippen molar-refractivity contribution in [3.8, 4) is 0 Å². The van der Waals surface area contributed by atoms with Crippen LogP contribution in [0.5, 0.6) is 0 Å². The molecule has 0 aliphatic rings. The summed E-state index contributed by atoms with van der Waals surface area (Å²) >= 11 is 0. The second-order valence-electron chi connectivity index (χ2n) is 3.63. The lowest BCUT2D eigenvalue weighted by atomic mass is 10.3. The van der Waals surface area contributed by atoms with Crippen LogP contribution in [-0.4, -0.2) is 45.7 Å². The van der Waals surface area contributed by atoms with Crippen LogP contribution in [0.1, 0.15) is 12.8 Å². The molecule has 0 fully saturated rings. The minimum Gasteiger partial charge on any atom is -0.633 e. The number of rotatable bonds is 5. The zero-order chi connectivity index (χ0) is 9.83. The molecule has 0 unspecified atom stereocenters. The Morgan fingerprint density at radius 1 is 1.25 bits per heavy atom. The van der Waals surface area contributed by atoms with Crippen LogP contribution < -0.4 is 0 Å². The molecule has 12 heavy (non-hydrogen) atoms. The molecule has 0 aliphatic heterocycles. The van der Waals surface area contributed by atoms with Crippen molar-refractivity contribution in [3.05, 3.63) is 5.21 Å². The third kappa shape index (κ3) is 9.87. The van der Waals surface area contributed by atoms with E-state index in [0.29, 0.717) is 19.4 Å². The van der Waals surface area contributed by atoms with Gasteiger partial charge in [0.15, 0.2) is 0 Å². The first-order valence-electron chi connectivity index (χ1n) is 3.92. The monoisotopic (exact) mass is 195 g/mol. The third-order valence-corrected chi connectivity index (χ3v) is 2.49. The summed E-state index contributed by atoms with van der Waals surface area (Å²) in [6, 6.07) is 0. The smallest absolute Gasteiger partial charge is 0.147 e. The van der Waals surface area contributed by atoms with Gasteiger partial charge in [0, 0.05) is 6.26 Å². The van der Waals surface area contributed by atoms with E-state index in [-0.39, 0.29) is 10.4 Å². The maximum atomic E-state index is 11.0. The SMILES string of the molecule is C[N+](C)([O-])CCCCS(C)(=O)=O. The molecule has 0 saturated carbocycles. The summed E-state index contributed by atoms with van der Waals surface area (Å²) in [5.74, 6) is 0.188. The van der Waals surface area contributed by atoms with Crippen molar-refractivity contribution < 1.29 is 13.1 Å². The highest BCUT2D eigenvalue weighted by molar-refractivity contribution is 7.90. The van der Waals surface area contributed by atoms with Gasteiger partial charge >= 0.3 is 0 Å². The molecule has 0 radical (unpaired) electrons. The lowest BCUT2D eigenvalue weighted by molar-refractivity contribution is -0.840. The maximum absolute atomic E-state index is 11.0. The lowest BCUT2D eigenvalue weighted by Crippen LogP contribution is -2.33. The highest BCUT2D eigenvalue weighted by Crippen LogP contribution is 2.00. The highest BCUT2D eigenvalue weighted by Gasteiger charge is 2.04. The Labute approximate surface area is 74.3 Å². The van der Waals surface area contributed by atoms with Crippen molar-refractivity contribution in [1.82, 2.24) is 0 Å². The molecule has 5 heteroatoms. The number of hydrogen-bond acceptors (Lipinski definition) is 3. The van der Waals surface area contributed by atoms with Gasteiger partial charge in [0.05, 0.1) is 26.4 Å². The van der Waals surface area contributed by atoms with Crippen LogP contribution in [0.2, 0.25) is 0 Å². The van der Waals surface area contributed by atoms with E-state index >= 15 is 0 Å². The predicted molar refractivity (Wildman–Crippen MR) is 49.3 cm³/mol. The molecule has 0 heterocycles. The number of unbranched alkanes of at least 4 members (excludes halogenated alkanes) is 1. The van der Waals surface area contributed by atoms with E-state index in [4.69, 9.17) is 0 Å². The first-order chi connectivity index (χ1) is 5.21. The number of quaternary nitrogens is 1. The van der Waals surface area contributed by atoms with Crippen LogP contribution >= 0.6 is 0 Å². The lowest BCUT2D eigenvalue weighted by Gasteiger charge is -2.33. The first-order valence-corrected chi connectivity index (χ1v) is 5.98. The second-order valence-corrected chi connectivity index (χ2v) is 5.89. The van der Waals surface area contributed by atoms with Crippen LogP contribution in [0, 0.1) is 5.21 Å². The standard InChI is InChI=1S/C7H17NO3S/c1-8(2,9)6-4-5-7-12(3,10)11/h4-7H2,1-3H3. The van der Waals surface area contributed by atoms with Crippen molar-refractivity contribution in [3.63, 3.8) is 0 Å². The fourth-order valence-corrected chi connectivity index (χ4v) is 1.59. The molecule has 0 aromatic carbocycles. The minimum absolute atomic E-state index is 0.188. The van der Waals surface area contributed by atoms with Crippen LogP contribution in [0.15, 0.2) is 0 Å². The van der Waals surface area contributed by atoms with Crippen molar-refractivity contribution in [1.29, 1.82) is 0 Å². The molecule has 0 bridgehead atoms. The van der Waals surface area contributed by atoms with Gasteiger partial charge in [-0.05, 0) is 12.8 Å².